The van der Waals surface area contributed by atoms with Crippen LogP contribution >= 0.6 is 11.3 Å². The van der Waals surface area contributed by atoms with Crippen LogP contribution in [-0.4, -0.2) is 29.0 Å². The molecule has 0 unspecified atom stereocenters. The van der Waals surface area contributed by atoms with Crippen molar-refractivity contribution in [1.82, 2.24) is 4.98 Å². The summed E-state index contributed by atoms with van der Waals surface area (Å²) in [7, 11) is 1.30. The van der Waals surface area contributed by atoms with E-state index in [1.54, 1.807) is 6.07 Å². The highest BCUT2D eigenvalue weighted by molar-refractivity contribution is 7.22. The Kier molecular flexibility index (Phi) is 4.05. The molecule has 134 valence electrons. The number of ether oxygens (including phenoxy) is 2. The average Bonchev–Trinajstić information content (AvgIpc) is 3.02. The number of nitrogens with one attached hydrogen (secondary N) is 1. The topological polar surface area (TPSA) is 80.7 Å². The van der Waals surface area contributed by atoms with E-state index in [1.165, 1.54) is 25.4 Å². The fourth-order valence-corrected chi connectivity index (χ4v) is 4.22. The Bertz CT molecular complexity index is 936. The molecule has 4 rings (SSSR count). The quantitative estimate of drug-likeness (QED) is 0.689. The van der Waals surface area contributed by atoms with Crippen molar-refractivity contribution in [2.24, 2.45) is 5.92 Å². The molecule has 26 heavy (non-hydrogen) atoms. The van der Waals surface area contributed by atoms with Crippen molar-refractivity contribution in [2.45, 2.75) is 18.8 Å². The second kappa shape index (κ2) is 6.26. The molecule has 1 aromatic heterocycles. The summed E-state index contributed by atoms with van der Waals surface area (Å²) in [5, 5.41) is 14.8. The number of hydrogen-bond donors (Lipinski definition) is 2. The first-order valence-corrected chi connectivity index (χ1v) is 9.01. The van der Waals surface area contributed by atoms with Crippen LogP contribution < -0.4 is 10.1 Å². The number of aromatic nitrogens is 1. The van der Waals surface area contributed by atoms with Crippen molar-refractivity contribution in [3.05, 3.63) is 54.1 Å². The minimum atomic E-state index is -1.71. The molecular weight excluding hydrogens is 352 g/mol. The van der Waals surface area contributed by atoms with Crippen molar-refractivity contribution >= 4 is 32.7 Å². The van der Waals surface area contributed by atoms with Gasteiger partial charge in [-0.3, -0.25) is 4.79 Å². The fourth-order valence-electron chi connectivity index (χ4n) is 3.32. The monoisotopic (exact) mass is 370 g/mol. The van der Waals surface area contributed by atoms with E-state index < -0.39 is 23.7 Å². The van der Waals surface area contributed by atoms with Crippen LogP contribution in [0.15, 0.2) is 48.5 Å². The molecule has 0 aliphatic carbocycles. The lowest BCUT2D eigenvalue weighted by Crippen LogP contribution is -2.52. The Morgan fingerprint density at radius 3 is 2.77 bits per heavy atom. The van der Waals surface area contributed by atoms with Gasteiger partial charge in [-0.05, 0) is 18.2 Å². The molecule has 0 spiro atoms. The predicted octanol–water partition coefficient (Wildman–Crippen LogP) is 3.34. The number of methoxy groups -OCH3 is 1. The second-order valence-corrected chi connectivity index (χ2v) is 7.33. The van der Waals surface area contributed by atoms with Gasteiger partial charge in [0.05, 0.1) is 23.4 Å². The zero-order chi connectivity index (χ0) is 18.3. The Hall–Kier alpha value is -2.64. The van der Waals surface area contributed by atoms with Crippen LogP contribution in [0.25, 0.3) is 10.2 Å². The number of esters is 1. The molecule has 0 saturated heterocycles. The standard InChI is InChI=1S/C19H18N2O4S/c1-19(23)15(17(22)24-2)16(11-7-3-5-9-13(11)25-19)21-18-20-12-8-4-6-10-14(12)26-18/h3-10,15-16,23H,1-2H3,(H,20,21)/t15-,16-,19-/m1/s1. The number of rotatable bonds is 3. The molecule has 2 N–H and O–H groups in total. The van der Waals surface area contributed by atoms with E-state index in [9.17, 15) is 9.90 Å². The molecule has 6 nitrogen and oxygen atoms in total. The Morgan fingerprint density at radius 2 is 2.00 bits per heavy atom. The molecule has 0 saturated carbocycles. The highest BCUT2D eigenvalue weighted by Crippen LogP contribution is 2.45. The van der Waals surface area contributed by atoms with Crippen LogP contribution in [0, 0.1) is 5.92 Å². The number of fused-ring (bicyclic) bond motifs is 2. The number of carbonyl (C=O) groups is 1. The molecule has 0 bridgehead atoms. The number of para-hydroxylation sites is 2. The van der Waals surface area contributed by atoms with Gasteiger partial charge in [0, 0.05) is 12.5 Å². The number of benzene rings is 2. The summed E-state index contributed by atoms with van der Waals surface area (Å²) in [6.45, 7) is 1.47. The van der Waals surface area contributed by atoms with Crippen LogP contribution in [0.4, 0.5) is 5.13 Å². The van der Waals surface area contributed by atoms with Crippen LogP contribution in [0.5, 0.6) is 5.75 Å². The first kappa shape index (κ1) is 16.8. The minimum Gasteiger partial charge on any atom is -0.469 e. The van der Waals surface area contributed by atoms with Crippen molar-refractivity contribution in [2.75, 3.05) is 12.4 Å². The molecule has 0 fully saturated rings. The minimum absolute atomic E-state index is 0.524. The van der Waals surface area contributed by atoms with Gasteiger partial charge in [0.15, 0.2) is 5.13 Å². The second-order valence-electron chi connectivity index (χ2n) is 6.30. The zero-order valence-electron chi connectivity index (χ0n) is 14.3. The van der Waals surface area contributed by atoms with Crippen LogP contribution in [0.2, 0.25) is 0 Å². The lowest BCUT2D eigenvalue weighted by atomic mass is 9.84. The van der Waals surface area contributed by atoms with Crippen molar-refractivity contribution in [3.63, 3.8) is 0 Å². The summed E-state index contributed by atoms with van der Waals surface area (Å²) in [5.41, 5.74) is 1.65. The maximum absolute atomic E-state index is 12.4. The average molecular weight is 370 g/mol. The lowest BCUT2D eigenvalue weighted by molar-refractivity contribution is -0.197. The molecule has 0 radical (unpaired) electrons. The molecule has 2 heterocycles. The normalized spacial score (nSPS) is 24.6. The van der Waals surface area contributed by atoms with Crippen LogP contribution in [0.1, 0.15) is 18.5 Å². The maximum Gasteiger partial charge on any atom is 0.317 e. The number of nitrogens with zero attached hydrogens (tertiary/aromatic N) is 1. The number of carbonyl (C=O) groups excluding carboxylic acids is 1. The molecule has 7 heteroatoms. The van der Waals surface area contributed by atoms with Gasteiger partial charge in [-0.2, -0.15) is 0 Å². The Balaban J connectivity index is 1.79. The Labute approximate surface area is 154 Å². The van der Waals surface area contributed by atoms with Crippen molar-refractivity contribution in [1.29, 1.82) is 0 Å². The summed E-state index contributed by atoms with van der Waals surface area (Å²) in [5.74, 6) is -2.69. The van der Waals surface area contributed by atoms with E-state index in [1.807, 2.05) is 42.5 Å². The third-order valence-corrected chi connectivity index (χ3v) is 5.48. The largest absolute Gasteiger partial charge is 0.469 e. The third-order valence-electron chi connectivity index (χ3n) is 4.51. The van der Waals surface area contributed by atoms with Gasteiger partial charge in [-0.15, -0.1) is 0 Å². The number of hydrogen-bond acceptors (Lipinski definition) is 7. The summed E-state index contributed by atoms with van der Waals surface area (Å²) >= 11 is 1.49. The molecular formula is C19H18N2O4S. The third kappa shape index (κ3) is 2.79. The first-order chi connectivity index (χ1) is 12.5. The number of aliphatic hydroxyl groups is 1. The molecule has 1 aliphatic rings. The van der Waals surface area contributed by atoms with E-state index in [0.717, 1.165) is 15.8 Å². The fraction of sp³-hybridized carbons (Fsp3) is 0.263. The lowest BCUT2D eigenvalue weighted by Gasteiger charge is -2.41. The van der Waals surface area contributed by atoms with Crippen molar-refractivity contribution < 1.29 is 19.4 Å². The summed E-state index contributed by atoms with van der Waals surface area (Å²) in [4.78, 5) is 17.0. The van der Waals surface area contributed by atoms with E-state index in [-0.39, 0.29) is 0 Å². The van der Waals surface area contributed by atoms with E-state index >= 15 is 0 Å². The maximum atomic E-state index is 12.4. The van der Waals surface area contributed by atoms with Gasteiger partial charge in [0.25, 0.3) is 0 Å². The van der Waals surface area contributed by atoms with Crippen LogP contribution in [-0.2, 0) is 9.53 Å². The number of thiazole rings is 1. The van der Waals surface area contributed by atoms with Crippen molar-refractivity contribution in [3.8, 4) is 5.75 Å². The van der Waals surface area contributed by atoms with E-state index in [0.29, 0.717) is 10.9 Å². The van der Waals surface area contributed by atoms with Gasteiger partial charge < -0.3 is 19.9 Å². The molecule has 3 atom stereocenters. The Morgan fingerprint density at radius 1 is 1.27 bits per heavy atom. The highest BCUT2D eigenvalue weighted by Gasteiger charge is 2.51. The van der Waals surface area contributed by atoms with Gasteiger partial charge in [-0.1, -0.05) is 41.7 Å². The highest BCUT2D eigenvalue weighted by atomic mass is 32.1. The summed E-state index contributed by atoms with van der Waals surface area (Å²) in [6, 6.07) is 14.6. The van der Waals surface area contributed by atoms with Gasteiger partial charge in [-0.25, -0.2) is 4.98 Å². The SMILES string of the molecule is COC(=O)[C@H]1[C@H](Nc2nc3ccccc3s2)c2ccccc2O[C@@]1(C)O. The van der Waals surface area contributed by atoms with Gasteiger partial charge in [0.2, 0.25) is 5.79 Å². The predicted molar refractivity (Wildman–Crippen MR) is 99.2 cm³/mol. The molecule has 0 amide bonds. The molecule has 2 aromatic carbocycles. The van der Waals surface area contributed by atoms with Gasteiger partial charge in [0.1, 0.15) is 11.7 Å². The van der Waals surface area contributed by atoms with E-state index in [4.69, 9.17) is 9.47 Å². The number of anilines is 1. The summed E-state index contributed by atoms with van der Waals surface area (Å²) < 4.78 is 11.6. The van der Waals surface area contributed by atoms with Crippen LogP contribution in [0.3, 0.4) is 0 Å². The molecule has 1 aliphatic heterocycles. The molecule has 3 aromatic rings. The zero-order valence-corrected chi connectivity index (χ0v) is 15.1. The first-order valence-electron chi connectivity index (χ1n) is 8.20. The summed E-state index contributed by atoms with van der Waals surface area (Å²) in [6.07, 6.45) is 0. The van der Waals surface area contributed by atoms with Gasteiger partial charge >= 0.3 is 5.97 Å². The smallest absolute Gasteiger partial charge is 0.317 e. The van der Waals surface area contributed by atoms with E-state index in [2.05, 4.69) is 10.3 Å².